The number of hydrogen-bond donors (Lipinski definition) is 2. The number of benzene rings is 1. The second-order valence-electron chi connectivity index (χ2n) is 5.82. The molecule has 1 heterocycles. The molecule has 1 saturated heterocycles. The van der Waals surface area contributed by atoms with Crippen molar-refractivity contribution in [1.29, 1.82) is 0 Å². The second-order valence-corrected chi connectivity index (χ2v) is 5.82. The summed E-state index contributed by atoms with van der Waals surface area (Å²) in [5.74, 6) is -1.74. The number of nitrogens with zero attached hydrogens (tertiary/aromatic N) is 1. The molecule has 0 aliphatic carbocycles. The van der Waals surface area contributed by atoms with E-state index < -0.39 is 24.2 Å². The number of phenolic OH excluding ortho intramolecular Hbond substituents is 1. The highest BCUT2D eigenvalue weighted by atomic mass is 19.4. The Morgan fingerprint density at radius 1 is 1.24 bits per heavy atom. The topological polar surface area (TPSA) is 78.9 Å². The molecule has 1 aromatic rings. The number of likely N-dealkylation sites (tertiary alicyclic amines) is 1. The molecule has 138 valence electrons. The summed E-state index contributed by atoms with van der Waals surface area (Å²) in [6, 6.07) is 5.31. The number of halogens is 3. The average Bonchev–Trinajstić information content (AvgIpc) is 2.56. The minimum atomic E-state index is -4.90. The van der Waals surface area contributed by atoms with Crippen LogP contribution >= 0.6 is 0 Å². The van der Waals surface area contributed by atoms with Crippen molar-refractivity contribution in [3.63, 3.8) is 0 Å². The Kier molecular flexibility index (Phi) is 5.76. The lowest BCUT2D eigenvalue weighted by molar-refractivity contribution is -0.174. The van der Waals surface area contributed by atoms with E-state index in [0.29, 0.717) is 5.75 Å². The summed E-state index contributed by atoms with van der Waals surface area (Å²) in [6.45, 7) is 2.06. The number of carbonyl (C=O) groups is 2. The maximum Gasteiger partial charge on any atom is 0.471 e. The van der Waals surface area contributed by atoms with Crippen molar-refractivity contribution < 1.29 is 32.6 Å². The Labute approximate surface area is 142 Å². The molecule has 2 amide bonds. The molecule has 1 aromatic carbocycles. The van der Waals surface area contributed by atoms with Crippen LogP contribution in [0.25, 0.3) is 0 Å². The monoisotopic (exact) mass is 360 g/mol. The molecule has 0 spiro atoms. The van der Waals surface area contributed by atoms with Gasteiger partial charge in [-0.25, -0.2) is 0 Å². The van der Waals surface area contributed by atoms with E-state index in [4.69, 9.17) is 4.74 Å². The van der Waals surface area contributed by atoms with Crippen molar-refractivity contribution in [2.75, 3.05) is 13.1 Å². The lowest BCUT2D eigenvalue weighted by Crippen LogP contribution is -2.51. The van der Waals surface area contributed by atoms with Crippen molar-refractivity contribution in [2.45, 2.75) is 38.1 Å². The number of nitrogens with one attached hydrogen (secondary N) is 1. The number of hydrogen-bond acceptors (Lipinski definition) is 4. The fourth-order valence-corrected chi connectivity index (χ4v) is 2.55. The largest absolute Gasteiger partial charge is 0.508 e. The zero-order valence-electron chi connectivity index (χ0n) is 13.5. The van der Waals surface area contributed by atoms with Gasteiger partial charge in [0.05, 0.1) is 0 Å². The fourth-order valence-electron chi connectivity index (χ4n) is 2.55. The van der Waals surface area contributed by atoms with Gasteiger partial charge in [-0.3, -0.25) is 9.59 Å². The molecule has 0 aromatic heterocycles. The molecular weight excluding hydrogens is 341 g/mol. The quantitative estimate of drug-likeness (QED) is 0.859. The summed E-state index contributed by atoms with van der Waals surface area (Å²) in [4.78, 5) is 24.8. The predicted octanol–water partition coefficient (Wildman–Crippen LogP) is 1.83. The molecule has 1 aliphatic heterocycles. The average molecular weight is 360 g/mol. The van der Waals surface area contributed by atoms with Gasteiger partial charge >= 0.3 is 12.1 Å². The fraction of sp³-hybridized carbons (Fsp3) is 0.500. The van der Waals surface area contributed by atoms with E-state index in [2.05, 4.69) is 0 Å². The molecule has 1 fully saturated rings. The van der Waals surface area contributed by atoms with E-state index in [1.54, 1.807) is 6.92 Å². The van der Waals surface area contributed by atoms with E-state index in [1.807, 2.05) is 5.32 Å². The minimum absolute atomic E-state index is 0.0781. The number of piperidine rings is 1. The zero-order chi connectivity index (χ0) is 18.6. The van der Waals surface area contributed by atoms with Crippen LogP contribution in [-0.4, -0.2) is 53.2 Å². The van der Waals surface area contributed by atoms with Gasteiger partial charge in [0.1, 0.15) is 11.5 Å². The summed E-state index contributed by atoms with van der Waals surface area (Å²) < 4.78 is 42.2. The number of carbonyl (C=O) groups excluding carboxylic acids is 2. The van der Waals surface area contributed by atoms with Gasteiger partial charge in [-0.1, -0.05) is 0 Å². The molecule has 1 unspecified atom stereocenters. The standard InChI is InChI=1S/C16H19F3N2O4/c1-10(25-13-4-2-12(22)3-5-13)14(23)21-8-6-11(7-9-21)20-15(24)16(17,18)19/h2-5,10-11,22H,6-9H2,1H3,(H,20,24). The van der Waals surface area contributed by atoms with Gasteiger partial charge in [-0.15, -0.1) is 0 Å². The van der Waals surface area contributed by atoms with Crippen molar-refractivity contribution in [2.24, 2.45) is 0 Å². The molecule has 0 bridgehead atoms. The predicted molar refractivity (Wildman–Crippen MR) is 82.0 cm³/mol. The van der Waals surface area contributed by atoms with Crippen LogP contribution in [-0.2, 0) is 9.59 Å². The number of rotatable bonds is 4. The van der Waals surface area contributed by atoms with Crippen LogP contribution in [0.5, 0.6) is 11.5 Å². The van der Waals surface area contributed by atoms with Gasteiger partial charge in [-0.2, -0.15) is 13.2 Å². The minimum Gasteiger partial charge on any atom is -0.508 e. The Morgan fingerprint density at radius 3 is 2.32 bits per heavy atom. The Bertz CT molecular complexity index is 611. The van der Waals surface area contributed by atoms with Crippen LogP contribution < -0.4 is 10.1 Å². The molecule has 1 aliphatic rings. The summed E-state index contributed by atoms with van der Waals surface area (Å²) in [5.41, 5.74) is 0. The van der Waals surface area contributed by atoms with Gasteiger partial charge in [-0.05, 0) is 44.0 Å². The highest BCUT2D eigenvalue weighted by Crippen LogP contribution is 2.20. The molecule has 0 radical (unpaired) electrons. The zero-order valence-corrected chi connectivity index (χ0v) is 13.5. The third-order valence-electron chi connectivity index (χ3n) is 3.90. The molecule has 2 rings (SSSR count). The first-order valence-corrected chi connectivity index (χ1v) is 7.79. The second kappa shape index (κ2) is 7.62. The maximum atomic E-state index is 12.3. The van der Waals surface area contributed by atoms with Crippen molar-refractivity contribution >= 4 is 11.8 Å². The van der Waals surface area contributed by atoms with E-state index >= 15 is 0 Å². The van der Waals surface area contributed by atoms with E-state index in [-0.39, 0.29) is 37.6 Å². The van der Waals surface area contributed by atoms with Crippen LogP contribution in [0.3, 0.4) is 0 Å². The highest BCUT2D eigenvalue weighted by Gasteiger charge is 2.40. The maximum absolute atomic E-state index is 12.3. The van der Waals surface area contributed by atoms with Crippen LogP contribution in [0.15, 0.2) is 24.3 Å². The molecule has 0 saturated carbocycles. The van der Waals surface area contributed by atoms with E-state index in [0.717, 1.165) is 0 Å². The van der Waals surface area contributed by atoms with E-state index in [1.165, 1.54) is 29.2 Å². The van der Waals surface area contributed by atoms with Gasteiger partial charge in [0, 0.05) is 19.1 Å². The lowest BCUT2D eigenvalue weighted by Gasteiger charge is -2.33. The van der Waals surface area contributed by atoms with Crippen LogP contribution in [0, 0.1) is 0 Å². The van der Waals surface area contributed by atoms with Crippen molar-refractivity contribution in [3.8, 4) is 11.5 Å². The third-order valence-corrected chi connectivity index (χ3v) is 3.90. The normalized spacial score (nSPS) is 17.0. The molecular formula is C16H19F3N2O4. The van der Waals surface area contributed by atoms with Crippen molar-refractivity contribution in [3.05, 3.63) is 24.3 Å². The smallest absolute Gasteiger partial charge is 0.471 e. The Balaban J connectivity index is 1.82. The summed E-state index contributed by atoms with van der Waals surface area (Å²) in [6.07, 6.45) is -5.18. The first-order valence-electron chi connectivity index (χ1n) is 7.79. The van der Waals surface area contributed by atoms with Gasteiger partial charge in [0.25, 0.3) is 5.91 Å². The lowest BCUT2D eigenvalue weighted by atomic mass is 10.0. The number of phenols is 1. The first kappa shape index (κ1) is 18.9. The van der Waals surface area contributed by atoms with Gasteiger partial charge < -0.3 is 20.1 Å². The van der Waals surface area contributed by atoms with E-state index in [9.17, 15) is 27.9 Å². The van der Waals surface area contributed by atoms with Gasteiger partial charge in [0.15, 0.2) is 6.10 Å². The number of aromatic hydroxyl groups is 1. The Hall–Kier alpha value is -2.45. The molecule has 9 heteroatoms. The molecule has 6 nitrogen and oxygen atoms in total. The van der Waals surface area contributed by atoms with Crippen LogP contribution in [0.4, 0.5) is 13.2 Å². The first-order chi connectivity index (χ1) is 11.7. The molecule has 1 atom stereocenters. The van der Waals surface area contributed by atoms with Gasteiger partial charge in [0.2, 0.25) is 0 Å². The summed E-state index contributed by atoms with van der Waals surface area (Å²) in [5, 5.41) is 11.1. The molecule has 2 N–H and O–H groups in total. The molecule has 25 heavy (non-hydrogen) atoms. The Morgan fingerprint density at radius 2 is 1.80 bits per heavy atom. The summed E-state index contributed by atoms with van der Waals surface area (Å²) >= 11 is 0. The SMILES string of the molecule is CC(Oc1ccc(O)cc1)C(=O)N1CCC(NC(=O)C(F)(F)F)CC1. The summed E-state index contributed by atoms with van der Waals surface area (Å²) in [7, 11) is 0. The number of amides is 2. The van der Waals surface area contributed by atoms with Crippen LogP contribution in [0.1, 0.15) is 19.8 Å². The number of alkyl halides is 3. The number of ether oxygens (including phenoxy) is 1. The van der Waals surface area contributed by atoms with Crippen molar-refractivity contribution in [1.82, 2.24) is 10.2 Å². The highest BCUT2D eigenvalue weighted by molar-refractivity contribution is 5.82. The van der Waals surface area contributed by atoms with Crippen LogP contribution in [0.2, 0.25) is 0 Å². The third kappa shape index (κ3) is 5.27.